The van der Waals surface area contributed by atoms with Gasteiger partial charge in [0.2, 0.25) is 17.8 Å². The Bertz CT molecular complexity index is 790. The largest absolute Gasteiger partial charge is 0.473 e. The molecule has 27 heavy (non-hydrogen) atoms. The van der Waals surface area contributed by atoms with Crippen LogP contribution in [0.25, 0.3) is 11.3 Å². The number of morpholine rings is 1. The maximum absolute atomic E-state index is 6.13. The van der Waals surface area contributed by atoms with E-state index in [9.17, 15) is 0 Å². The molecule has 0 aromatic carbocycles. The van der Waals surface area contributed by atoms with Gasteiger partial charge in [0.05, 0.1) is 24.5 Å². The Kier molecular flexibility index (Phi) is 5.16. The van der Waals surface area contributed by atoms with Crippen LogP contribution in [-0.4, -0.2) is 65.4 Å². The summed E-state index contributed by atoms with van der Waals surface area (Å²) in [6, 6.07) is 1.78. The zero-order valence-corrected chi connectivity index (χ0v) is 15.1. The highest BCUT2D eigenvalue weighted by molar-refractivity contribution is 5.72. The molecule has 5 N–H and O–H groups in total. The molecule has 0 aliphatic carbocycles. The maximum Gasteiger partial charge on any atom is 0.229 e. The van der Waals surface area contributed by atoms with Gasteiger partial charge >= 0.3 is 0 Å². The molecule has 0 radical (unpaired) electrons. The van der Waals surface area contributed by atoms with Crippen molar-refractivity contribution in [3.05, 3.63) is 12.3 Å². The van der Waals surface area contributed by atoms with Gasteiger partial charge < -0.3 is 31.2 Å². The van der Waals surface area contributed by atoms with Crippen LogP contribution in [-0.2, 0) is 4.74 Å². The lowest BCUT2D eigenvalue weighted by Gasteiger charge is -2.28. The number of hydrogen-bond acceptors (Lipinski definition) is 10. The van der Waals surface area contributed by atoms with Crippen molar-refractivity contribution in [2.24, 2.45) is 0 Å². The van der Waals surface area contributed by atoms with Crippen LogP contribution in [0.4, 0.5) is 17.7 Å². The van der Waals surface area contributed by atoms with Crippen molar-refractivity contribution in [2.45, 2.75) is 18.9 Å². The van der Waals surface area contributed by atoms with Crippen molar-refractivity contribution < 1.29 is 9.47 Å². The van der Waals surface area contributed by atoms with E-state index in [2.05, 4.69) is 30.2 Å². The van der Waals surface area contributed by atoms with Crippen molar-refractivity contribution in [2.75, 3.05) is 55.8 Å². The first-order valence-corrected chi connectivity index (χ1v) is 9.16. The normalized spacial score (nSPS) is 20.4. The third-order valence-corrected chi connectivity index (χ3v) is 4.64. The topological polar surface area (TPSA) is 137 Å². The quantitative estimate of drug-likeness (QED) is 0.675. The molecular weight excluding hydrogens is 348 g/mol. The zero-order valence-electron chi connectivity index (χ0n) is 15.1. The van der Waals surface area contributed by atoms with E-state index in [1.165, 1.54) is 0 Å². The fourth-order valence-electron chi connectivity index (χ4n) is 3.21. The molecule has 2 fully saturated rings. The third-order valence-electron chi connectivity index (χ3n) is 4.64. The molecule has 10 heteroatoms. The second-order valence-electron chi connectivity index (χ2n) is 6.60. The van der Waals surface area contributed by atoms with Crippen LogP contribution >= 0.6 is 0 Å². The fraction of sp³-hybridized carbons (Fsp3) is 0.529. The van der Waals surface area contributed by atoms with Crippen LogP contribution in [0, 0.1) is 0 Å². The minimum atomic E-state index is 0.0825. The Hall–Kier alpha value is -2.72. The second kappa shape index (κ2) is 7.89. The van der Waals surface area contributed by atoms with E-state index in [0.29, 0.717) is 36.3 Å². The van der Waals surface area contributed by atoms with Crippen molar-refractivity contribution in [3.8, 4) is 17.1 Å². The number of piperidine rings is 1. The molecule has 0 unspecified atom stereocenters. The summed E-state index contributed by atoms with van der Waals surface area (Å²) >= 11 is 0. The average molecular weight is 372 g/mol. The van der Waals surface area contributed by atoms with Gasteiger partial charge in [-0.1, -0.05) is 0 Å². The summed E-state index contributed by atoms with van der Waals surface area (Å²) in [6.07, 6.45) is 3.73. The molecule has 0 bridgehead atoms. The highest BCUT2D eigenvalue weighted by Crippen LogP contribution is 2.28. The molecule has 4 rings (SSSR count). The standard InChI is InChI=1S/C17H24N8O2/c18-15-12(10-21-16(19)24-15)13-8-14(27-11-2-1-3-20-9-11)23-17(22-13)25-4-6-26-7-5-25/h8,10-11,20H,1-7,9H2,(H4,18,19,21,24)/t11-/m1/s1. The lowest BCUT2D eigenvalue weighted by Crippen LogP contribution is -2.38. The van der Waals surface area contributed by atoms with Crippen LogP contribution in [0.15, 0.2) is 12.3 Å². The Morgan fingerprint density at radius 1 is 1.19 bits per heavy atom. The highest BCUT2D eigenvalue weighted by Gasteiger charge is 2.21. The predicted octanol–water partition coefficient (Wildman–Crippen LogP) is 0.0654. The molecular formula is C17H24N8O2. The minimum absolute atomic E-state index is 0.0825. The number of ether oxygens (including phenoxy) is 2. The molecule has 2 aromatic heterocycles. The van der Waals surface area contributed by atoms with E-state index in [-0.39, 0.29) is 17.9 Å². The van der Waals surface area contributed by atoms with Crippen molar-refractivity contribution in [1.82, 2.24) is 25.3 Å². The van der Waals surface area contributed by atoms with Crippen LogP contribution in [0.2, 0.25) is 0 Å². The average Bonchev–Trinajstić information content (AvgIpc) is 2.69. The van der Waals surface area contributed by atoms with E-state index < -0.39 is 0 Å². The Morgan fingerprint density at radius 2 is 2.04 bits per heavy atom. The first kappa shape index (κ1) is 17.7. The molecule has 2 aliphatic rings. The number of hydrogen-bond donors (Lipinski definition) is 3. The molecule has 10 nitrogen and oxygen atoms in total. The molecule has 0 spiro atoms. The van der Waals surface area contributed by atoms with E-state index >= 15 is 0 Å². The van der Waals surface area contributed by atoms with Gasteiger partial charge in [-0.05, 0) is 19.4 Å². The first-order valence-electron chi connectivity index (χ1n) is 9.16. The number of aromatic nitrogens is 4. The van der Waals surface area contributed by atoms with E-state index in [1.807, 2.05) is 0 Å². The summed E-state index contributed by atoms with van der Waals surface area (Å²) in [5.74, 6) is 1.51. The maximum atomic E-state index is 6.13. The summed E-state index contributed by atoms with van der Waals surface area (Å²) in [4.78, 5) is 19.5. The number of nitrogens with zero attached hydrogens (tertiary/aromatic N) is 5. The molecule has 2 aliphatic heterocycles. The lowest BCUT2D eigenvalue weighted by atomic mass is 10.1. The van der Waals surface area contributed by atoms with Gasteiger partial charge in [0, 0.05) is 31.9 Å². The summed E-state index contributed by atoms with van der Waals surface area (Å²) in [5.41, 5.74) is 12.9. The minimum Gasteiger partial charge on any atom is -0.473 e. The molecule has 0 amide bonds. The van der Waals surface area contributed by atoms with Gasteiger partial charge in [0.15, 0.2) is 0 Å². The summed E-state index contributed by atoms with van der Waals surface area (Å²) in [5, 5.41) is 3.35. The first-order chi connectivity index (χ1) is 13.2. The van der Waals surface area contributed by atoms with Gasteiger partial charge in [-0.15, -0.1) is 0 Å². The highest BCUT2D eigenvalue weighted by atomic mass is 16.5. The third kappa shape index (κ3) is 4.17. The smallest absolute Gasteiger partial charge is 0.229 e. The summed E-state index contributed by atoms with van der Waals surface area (Å²) < 4.78 is 11.6. The monoisotopic (exact) mass is 372 g/mol. The lowest BCUT2D eigenvalue weighted by molar-refractivity contribution is 0.121. The summed E-state index contributed by atoms with van der Waals surface area (Å²) in [7, 11) is 0. The molecule has 144 valence electrons. The number of anilines is 3. The van der Waals surface area contributed by atoms with Crippen molar-refractivity contribution in [1.29, 1.82) is 0 Å². The summed E-state index contributed by atoms with van der Waals surface area (Å²) in [6.45, 7) is 4.56. The number of nitrogens with one attached hydrogen (secondary N) is 1. The molecule has 0 saturated carbocycles. The number of nitrogen functional groups attached to an aromatic ring is 2. The zero-order chi connectivity index (χ0) is 18.6. The van der Waals surface area contributed by atoms with E-state index in [4.69, 9.17) is 20.9 Å². The molecule has 2 saturated heterocycles. The Morgan fingerprint density at radius 3 is 2.78 bits per heavy atom. The molecule has 1 atom stereocenters. The van der Waals surface area contributed by atoms with Crippen LogP contribution < -0.4 is 26.4 Å². The fourth-order valence-corrected chi connectivity index (χ4v) is 3.21. The van der Waals surface area contributed by atoms with Crippen LogP contribution in [0.1, 0.15) is 12.8 Å². The SMILES string of the molecule is Nc1ncc(-c2cc(O[C@@H]3CCCNC3)nc(N3CCOCC3)n2)c(N)n1. The molecule has 4 heterocycles. The van der Waals surface area contributed by atoms with Gasteiger partial charge in [-0.3, -0.25) is 0 Å². The van der Waals surface area contributed by atoms with E-state index in [1.54, 1.807) is 12.3 Å². The van der Waals surface area contributed by atoms with Gasteiger partial charge in [-0.2, -0.15) is 9.97 Å². The Balaban J connectivity index is 1.68. The van der Waals surface area contributed by atoms with E-state index in [0.717, 1.165) is 39.0 Å². The van der Waals surface area contributed by atoms with Crippen molar-refractivity contribution >= 4 is 17.7 Å². The Labute approximate surface area is 157 Å². The van der Waals surface area contributed by atoms with Crippen LogP contribution in [0.5, 0.6) is 5.88 Å². The predicted molar refractivity (Wildman–Crippen MR) is 101 cm³/mol. The van der Waals surface area contributed by atoms with Crippen molar-refractivity contribution in [3.63, 3.8) is 0 Å². The second-order valence-corrected chi connectivity index (χ2v) is 6.60. The van der Waals surface area contributed by atoms with Crippen LogP contribution in [0.3, 0.4) is 0 Å². The number of rotatable bonds is 4. The van der Waals surface area contributed by atoms with Gasteiger partial charge in [0.1, 0.15) is 11.9 Å². The van der Waals surface area contributed by atoms with Gasteiger partial charge in [0.25, 0.3) is 0 Å². The molecule has 2 aromatic rings. The number of nitrogens with two attached hydrogens (primary N) is 2. The van der Waals surface area contributed by atoms with Gasteiger partial charge in [-0.25, -0.2) is 9.97 Å².